The summed E-state index contributed by atoms with van der Waals surface area (Å²) < 4.78 is 0. The Morgan fingerprint density at radius 1 is 1.42 bits per heavy atom. The van der Waals surface area contributed by atoms with Gasteiger partial charge in [-0.3, -0.25) is 10.2 Å². The zero-order valence-corrected chi connectivity index (χ0v) is 12.1. The number of anilines is 1. The van der Waals surface area contributed by atoms with Gasteiger partial charge in [-0.05, 0) is 25.1 Å². The Bertz CT molecular complexity index is 456. The zero-order chi connectivity index (χ0) is 13.7. The number of hydrazine groups is 1. The van der Waals surface area contributed by atoms with Gasteiger partial charge in [0.1, 0.15) is 5.69 Å². The third-order valence-corrected chi connectivity index (χ3v) is 4.01. The van der Waals surface area contributed by atoms with Gasteiger partial charge in [-0.25, -0.2) is 10.8 Å². The van der Waals surface area contributed by atoms with Gasteiger partial charge in [0.05, 0.1) is 0 Å². The van der Waals surface area contributed by atoms with Crippen molar-refractivity contribution < 1.29 is 4.79 Å². The van der Waals surface area contributed by atoms with E-state index in [9.17, 15) is 4.79 Å². The van der Waals surface area contributed by atoms with E-state index in [-0.39, 0.29) is 5.69 Å². The number of thiazole rings is 1. The predicted molar refractivity (Wildman–Crippen MR) is 80.0 cm³/mol. The van der Waals surface area contributed by atoms with Gasteiger partial charge in [0.25, 0.3) is 5.91 Å². The van der Waals surface area contributed by atoms with Crippen molar-refractivity contribution in [2.75, 3.05) is 5.32 Å². The number of thiocarbonyl (C=S) groups is 1. The van der Waals surface area contributed by atoms with E-state index < -0.39 is 5.91 Å². The number of nitrogens with one attached hydrogen (secondary N) is 3. The molecule has 0 saturated heterocycles. The number of carbonyl (C=O) groups excluding carboxylic acids is 1. The van der Waals surface area contributed by atoms with Crippen molar-refractivity contribution >= 4 is 39.7 Å². The van der Waals surface area contributed by atoms with Crippen LogP contribution >= 0.6 is 23.6 Å². The number of aromatic nitrogens is 1. The summed E-state index contributed by atoms with van der Waals surface area (Å²) >= 11 is 6.56. The Hall–Kier alpha value is -1.25. The number of rotatable bonds is 3. The molecule has 1 aliphatic rings. The maximum atomic E-state index is 11.3. The fourth-order valence-electron chi connectivity index (χ4n) is 2.07. The summed E-state index contributed by atoms with van der Waals surface area (Å²) in [5, 5.41) is 9.06. The van der Waals surface area contributed by atoms with E-state index in [1.165, 1.54) is 30.6 Å². The van der Waals surface area contributed by atoms with E-state index >= 15 is 0 Å². The van der Waals surface area contributed by atoms with Crippen molar-refractivity contribution in [2.24, 2.45) is 5.84 Å². The van der Waals surface area contributed by atoms with Crippen LogP contribution in [0.25, 0.3) is 0 Å². The third-order valence-electron chi connectivity index (χ3n) is 3.03. The Labute approximate surface area is 121 Å². The molecule has 6 nitrogen and oxygen atoms in total. The summed E-state index contributed by atoms with van der Waals surface area (Å²) in [5.41, 5.74) is 2.33. The number of nitrogen functional groups attached to an aromatic ring is 1. The van der Waals surface area contributed by atoms with Crippen molar-refractivity contribution in [2.45, 2.75) is 38.1 Å². The van der Waals surface area contributed by atoms with Crippen molar-refractivity contribution in [3.63, 3.8) is 0 Å². The standard InChI is InChI=1S/C11H17N5OS2/c12-16-9(17)8-6-19-11(14-8)15-10(18)13-7-4-2-1-3-5-7/h6-7H,1-5,12H2,(H,16,17)(H2,13,14,15,18). The molecule has 0 unspecified atom stereocenters. The Morgan fingerprint density at radius 2 is 2.16 bits per heavy atom. The van der Waals surface area contributed by atoms with Crippen LogP contribution in [-0.4, -0.2) is 22.0 Å². The highest BCUT2D eigenvalue weighted by atomic mass is 32.1. The minimum absolute atomic E-state index is 0.287. The maximum absolute atomic E-state index is 11.3. The summed E-state index contributed by atoms with van der Waals surface area (Å²) in [5.74, 6) is 4.64. The summed E-state index contributed by atoms with van der Waals surface area (Å²) in [6.45, 7) is 0. The molecule has 2 rings (SSSR count). The maximum Gasteiger partial charge on any atom is 0.284 e. The van der Waals surface area contributed by atoms with Crippen LogP contribution in [0.1, 0.15) is 42.6 Å². The fourth-order valence-corrected chi connectivity index (χ4v) is 3.10. The molecule has 0 spiro atoms. The van der Waals surface area contributed by atoms with E-state index in [1.807, 2.05) is 5.43 Å². The lowest BCUT2D eigenvalue weighted by Gasteiger charge is -2.23. The van der Waals surface area contributed by atoms with E-state index in [1.54, 1.807) is 5.38 Å². The van der Waals surface area contributed by atoms with E-state index in [4.69, 9.17) is 18.1 Å². The van der Waals surface area contributed by atoms with Gasteiger partial charge >= 0.3 is 0 Å². The molecule has 104 valence electrons. The number of amides is 1. The van der Waals surface area contributed by atoms with Crippen LogP contribution in [0.15, 0.2) is 5.38 Å². The highest BCUT2D eigenvalue weighted by Gasteiger charge is 2.15. The lowest BCUT2D eigenvalue weighted by molar-refractivity contribution is 0.0949. The summed E-state index contributed by atoms with van der Waals surface area (Å²) in [4.78, 5) is 15.4. The summed E-state index contributed by atoms with van der Waals surface area (Å²) in [6.07, 6.45) is 6.11. The second kappa shape index (κ2) is 6.78. The van der Waals surface area contributed by atoms with Crippen molar-refractivity contribution in [1.82, 2.24) is 15.7 Å². The second-order valence-corrected chi connectivity index (χ2v) is 5.71. The molecule has 0 aliphatic heterocycles. The molecule has 8 heteroatoms. The summed E-state index contributed by atoms with van der Waals surface area (Å²) in [7, 11) is 0. The van der Waals surface area contributed by atoms with Crippen LogP contribution in [0, 0.1) is 0 Å². The highest BCUT2D eigenvalue weighted by molar-refractivity contribution is 7.80. The molecule has 1 fully saturated rings. The quantitative estimate of drug-likeness (QED) is 0.291. The van der Waals surface area contributed by atoms with Gasteiger partial charge in [-0.15, -0.1) is 11.3 Å². The lowest BCUT2D eigenvalue weighted by atomic mass is 9.96. The number of nitrogens with zero attached hydrogens (tertiary/aromatic N) is 1. The number of hydrogen-bond donors (Lipinski definition) is 4. The molecular weight excluding hydrogens is 282 g/mol. The van der Waals surface area contributed by atoms with Gasteiger partial charge in [0, 0.05) is 11.4 Å². The largest absolute Gasteiger partial charge is 0.360 e. The average molecular weight is 299 g/mol. The number of hydrogen-bond acceptors (Lipinski definition) is 5. The molecule has 1 aromatic rings. The average Bonchev–Trinajstić information content (AvgIpc) is 2.87. The molecule has 1 aliphatic carbocycles. The van der Waals surface area contributed by atoms with Crippen molar-refractivity contribution in [3.8, 4) is 0 Å². The Morgan fingerprint density at radius 3 is 2.84 bits per heavy atom. The number of nitrogens with two attached hydrogens (primary N) is 1. The monoisotopic (exact) mass is 299 g/mol. The minimum atomic E-state index is -0.407. The normalized spacial score (nSPS) is 15.8. The van der Waals surface area contributed by atoms with Gasteiger partial charge in [0.2, 0.25) is 0 Å². The molecule has 1 saturated carbocycles. The molecule has 1 aromatic heterocycles. The van der Waals surface area contributed by atoms with E-state index in [0.29, 0.717) is 16.3 Å². The van der Waals surface area contributed by atoms with Crippen molar-refractivity contribution in [1.29, 1.82) is 0 Å². The lowest BCUT2D eigenvalue weighted by Crippen LogP contribution is -2.38. The van der Waals surface area contributed by atoms with Gasteiger partial charge < -0.3 is 10.6 Å². The predicted octanol–water partition coefficient (Wildman–Crippen LogP) is 1.37. The molecule has 5 N–H and O–H groups in total. The molecule has 0 aromatic carbocycles. The van der Waals surface area contributed by atoms with Crippen LogP contribution in [0.2, 0.25) is 0 Å². The Balaban J connectivity index is 1.84. The van der Waals surface area contributed by atoms with Gasteiger partial charge in [-0.2, -0.15) is 0 Å². The topological polar surface area (TPSA) is 92.1 Å². The first-order valence-electron chi connectivity index (χ1n) is 6.23. The fraction of sp³-hybridized carbons (Fsp3) is 0.545. The van der Waals surface area contributed by atoms with Crippen molar-refractivity contribution in [3.05, 3.63) is 11.1 Å². The van der Waals surface area contributed by atoms with E-state index in [0.717, 1.165) is 12.8 Å². The highest BCUT2D eigenvalue weighted by Crippen LogP contribution is 2.18. The number of carbonyl (C=O) groups is 1. The molecule has 0 radical (unpaired) electrons. The third kappa shape index (κ3) is 4.12. The van der Waals surface area contributed by atoms with Crippen LogP contribution in [-0.2, 0) is 0 Å². The zero-order valence-electron chi connectivity index (χ0n) is 10.4. The first kappa shape index (κ1) is 14.2. The minimum Gasteiger partial charge on any atom is -0.360 e. The summed E-state index contributed by atoms with van der Waals surface area (Å²) in [6, 6.07) is 0.445. The molecule has 0 bridgehead atoms. The smallest absolute Gasteiger partial charge is 0.284 e. The van der Waals surface area contributed by atoms with Crippen LogP contribution < -0.4 is 21.9 Å². The van der Waals surface area contributed by atoms with Crippen LogP contribution in [0.4, 0.5) is 5.13 Å². The molecule has 19 heavy (non-hydrogen) atoms. The molecule has 0 atom stereocenters. The van der Waals surface area contributed by atoms with Gasteiger partial charge in [-0.1, -0.05) is 19.3 Å². The first-order valence-corrected chi connectivity index (χ1v) is 7.52. The second-order valence-electron chi connectivity index (χ2n) is 4.44. The molecule has 1 heterocycles. The SMILES string of the molecule is NNC(=O)c1csc(NC(=S)NC2CCCCC2)n1. The molecule has 1 amide bonds. The first-order chi connectivity index (χ1) is 9.19. The molecular formula is C11H17N5OS2. The Kier molecular flexibility index (Phi) is 5.06. The van der Waals surface area contributed by atoms with Crippen LogP contribution in [0.5, 0.6) is 0 Å². The van der Waals surface area contributed by atoms with E-state index in [2.05, 4.69) is 15.6 Å². The van der Waals surface area contributed by atoms with Crippen LogP contribution in [0.3, 0.4) is 0 Å². The van der Waals surface area contributed by atoms with Gasteiger partial charge in [0.15, 0.2) is 10.2 Å².